The predicted octanol–water partition coefficient (Wildman–Crippen LogP) is 4.09. The fourth-order valence-corrected chi connectivity index (χ4v) is 3.66. The van der Waals surface area contributed by atoms with Crippen LogP contribution in [0.15, 0.2) is 30.3 Å². The van der Waals surface area contributed by atoms with E-state index in [2.05, 4.69) is 68.2 Å². The number of nitrogens with zero attached hydrogens (tertiary/aromatic N) is 1. The molecule has 1 aromatic rings. The minimum atomic E-state index is 0.435. The summed E-state index contributed by atoms with van der Waals surface area (Å²) in [5, 5.41) is 3.75. The van der Waals surface area contributed by atoms with E-state index in [0.717, 1.165) is 12.5 Å². The number of nitrogens with one attached hydrogen (secondary N) is 1. The summed E-state index contributed by atoms with van der Waals surface area (Å²) in [5.41, 5.74) is 1.43. The van der Waals surface area contributed by atoms with Crippen molar-refractivity contribution in [2.45, 2.75) is 52.6 Å². The zero-order valence-electron chi connectivity index (χ0n) is 14.2. The number of likely N-dealkylation sites (N-methyl/N-ethyl adjacent to an activating group) is 1. The molecule has 21 heavy (non-hydrogen) atoms. The molecule has 2 nitrogen and oxygen atoms in total. The molecule has 1 aliphatic rings. The van der Waals surface area contributed by atoms with Crippen molar-refractivity contribution in [2.24, 2.45) is 11.8 Å². The van der Waals surface area contributed by atoms with Crippen molar-refractivity contribution in [3.63, 3.8) is 0 Å². The first-order valence-corrected chi connectivity index (χ1v) is 8.65. The average molecular weight is 288 g/mol. The van der Waals surface area contributed by atoms with Crippen molar-refractivity contribution in [1.82, 2.24) is 10.2 Å². The van der Waals surface area contributed by atoms with Gasteiger partial charge in [-0.2, -0.15) is 0 Å². The summed E-state index contributed by atoms with van der Waals surface area (Å²) in [5.74, 6) is 1.55. The highest BCUT2D eigenvalue weighted by Gasteiger charge is 2.32. The summed E-state index contributed by atoms with van der Waals surface area (Å²) in [6.07, 6.45) is 2.69. The van der Waals surface area contributed by atoms with Gasteiger partial charge in [0, 0.05) is 12.1 Å². The van der Waals surface area contributed by atoms with Crippen LogP contribution in [0.25, 0.3) is 0 Å². The van der Waals surface area contributed by atoms with E-state index in [4.69, 9.17) is 0 Å². The van der Waals surface area contributed by atoms with Crippen molar-refractivity contribution in [1.29, 1.82) is 0 Å². The monoisotopic (exact) mass is 288 g/mol. The van der Waals surface area contributed by atoms with Gasteiger partial charge in [0.25, 0.3) is 0 Å². The van der Waals surface area contributed by atoms with E-state index in [1.54, 1.807) is 0 Å². The molecule has 1 aliphatic heterocycles. The topological polar surface area (TPSA) is 15.3 Å². The molecule has 2 heteroatoms. The molecule has 0 saturated carbocycles. The van der Waals surface area contributed by atoms with Gasteiger partial charge < -0.3 is 5.32 Å². The van der Waals surface area contributed by atoms with E-state index in [9.17, 15) is 0 Å². The Bertz CT molecular complexity index is 393. The highest BCUT2D eigenvalue weighted by Crippen LogP contribution is 2.30. The lowest BCUT2D eigenvalue weighted by Crippen LogP contribution is -2.50. The van der Waals surface area contributed by atoms with Gasteiger partial charge in [0.2, 0.25) is 0 Å². The highest BCUT2D eigenvalue weighted by molar-refractivity contribution is 5.21. The van der Waals surface area contributed by atoms with Crippen LogP contribution in [0, 0.1) is 11.8 Å². The van der Waals surface area contributed by atoms with E-state index in [0.29, 0.717) is 18.0 Å². The standard InChI is InChI=1S/C19H32N2/c1-5-20-18(17-9-7-6-8-10-17)19(15(2)3)21-13-11-16(4)12-14-21/h6-10,15-16,18-20H,5,11-14H2,1-4H3. The summed E-state index contributed by atoms with van der Waals surface area (Å²) >= 11 is 0. The maximum Gasteiger partial charge on any atom is 0.0480 e. The molecule has 1 saturated heterocycles. The second-order valence-corrected chi connectivity index (χ2v) is 6.90. The van der Waals surface area contributed by atoms with Crippen LogP contribution in [-0.2, 0) is 0 Å². The molecular formula is C19H32N2. The molecule has 1 fully saturated rings. The molecule has 118 valence electrons. The normalized spacial score (nSPS) is 20.6. The van der Waals surface area contributed by atoms with Crippen molar-refractivity contribution < 1.29 is 0 Å². The average Bonchev–Trinajstić information content (AvgIpc) is 2.49. The Morgan fingerprint density at radius 2 is 1.76 bits per heavy atom. The Morgan fingerprint density at radius 3 is 2.29 bits per heavy atom. The molecule has 2 unspecified atom stereocenters. The van der Waals surface area contributed by atoms with Crippen molar-refractivity contribution in [3.8, 4) is 0 Å². The molecule has 0 aromatic heterocycles. The third-order valence-electron chi connectivity index (χ3n) is 4.85. The molecule has 2 atom stereocenters. The van der Waals surface area contributed by atoms with Crippen LogP contribution in [0.1, 0.15) is 52.1 Å². The molecule has 2 rings (SSSR count). The predicted molar refractivity (Wildman–Crippen MR) is 91.5 cm³/mol. The molecule has 0 radical (unpaired) electrons. The van der Waals surface area contributed by atoms with Crippen LogP contribution >= 0.6 is 0 Å². The van der Waals surface area contributed by atoms with Gasteiger partial charge >= 0.3 is 0 Å². The Hall–Kier alpha value is -0.860. The van der Waals surface area contributed by atoms with Crippen molar-refractivity contribution in [2.75, 3.05) is 19.6 Å². The van der Waals surface area contributed by atoms with Crippen LogP contribution in [0.5, 0.6) is 0 Å². The van der Waals surface area contributed by atoms with Crippen LogP contribution in [0.2, 0.25) is 0 Å². The Balaban J connectivity index is 2.20. The van der Waals surface area contributed by atoms with Gasteiger partial charge in [0.05, 0.1) is 0 Å². The van der Waals surface area contributed by atoms with E-state index in [-0.39, 0.29) is 0 Å². The fourth-order valence-electron chi connectivity index (χ4n) is 3.66. The van der Waals surface area contributed by atoms with Crippen LogP contribution in [0.3, 0.4) is 0 Å². The Labute approximate surface area is 130 Å². The Morgan fingerprint density at radius 1 is 1.14 bits per heavy atom. The largest absolute Gasteiger partial charge is 0.309 e. The number of likely N-dealkylation sites (tertiary alicyclic amines) is 1. The van der Waals surface area contributed by atoms with Gasteiger partial charge in [-0.15, -0.1) is 0 Å². The lowest BCUT2D eigenvalue weighted by molar-refractivity contribution is 0.0808. The Kier molecular flexibility index (Phi) is 6.25. The molecule has 0 bridgehead atoms. The summed E-state index contributed by atoms with van der Waals surface area (Å²) in [6, 6.07) is 12.0. The third kappa shape index (κ3) is 4.31. The zero-order chi connectivity index (χ0) is 15.2. The van der Waals surface area contributed by atoms with Gasteiger partial charge in [0.1, 0.15) is 0 Å². The van der Waals surface area contributed by atoms with Crippen LogP contribution in [-0.4, -0.2) is 30.6 Å². The van der Waals surface area contributed by atoms with Gasteiger partial charge in [-0.3, -0.25) is 4.90 Å². The van der Waals surface area contributed by atoms with E-state index in [1.807, 2.05) is 0 Å². The van der Waals surface area contributed by atoms with Gasteiger partial charge in [-0.05, 0) is 49.9 Å². The summed E-state index contributed by atoms with van der Waals surface area (Å²) in [6.45, 7) is 12.9. The zero-order valence-corrected chi connectivity index (χ0v) is 14.2. The van der Waals surface area contributed by atoms with Crippen LogP contribution in [0.4, 0.5) is 0 Å². The summed E-state index contributed by atoms with van der Waals surface area (Å²) < 4.78 is 0. The number of rotatable bonds is 6. The fraction of sp³-hybridized carbons (Fsp3) is 0.684. The maximum absolute atomic E-state index is 3.75. The van der Waals surface area contributed by atoms with Gasteiger partial charge in [-0.1, -0.05) is 58.0 Å². The number of benzene rings is 1. The van der Waals surface area contributed by atoms with E-state index in [1.165, 1.54) is 31.5 Å². The van der Waals surface area contributed by atoms with Gasteiger partial charge in [-0.25, -0.2) is 0 Å². The first-order chi connectivity index (χ1) is 10.1. The molecule has 1 aromatic carbocycles. The molecular weight excluding hydrogens is 256 g/mol. The minimum absolute atomic E-state index is 0.435. The summed E-state index contributed by atoms with van der Waals surface area (Å²) in [7, 11) is 0. The number of piperidine rings is 1. The highest BCUT2D eigenvalue weighted by atomic mass is 15.2. The van der Waals surface area contributed by atoms with Crippen molar-refractivity contribution in [3.05, 3.63) is 35.9 Å². The van der Waals surface area contributed by atoms with Crippen LogP contribution < -0.4 is 5.32 Å². The first-order valence-electron chi connectivity index (χ1n) is 8.65. The molecule has 1 heterocycles. The SMILES string of the molecule is CCNC(c1ccccc1)C(C(C)C)N1CCC(C)CC1. The van der Waals surface area contributed by atoms with E-state index >= 15 is 0 Å². The smallest absolute Gasteiger partial charge is 0.0480 e. The second kappa shape index (κ2) is 7.95. The maximum atomic E-state index is 3.75. The molecule has 0 spiro atoms. The number of hydrogen-bond donors (Lipinski definition) is 1. The first kappa shape index (κ1) is 16.5. The quantitative estimate of drug-likeness (QED) is 0.848. The lowest BCUT2D eigenvalue weighted by Gasteiger charge is -2.43. The summed E-state index contributed by atoms with van der Waals surface area (Å²) in [4.78, 5) is 2.73. The molecule has 1 N–H and O–H groups in total. The minimum Gasteiger partial charge on any atom is -0.309 e. The van der Waals surface area contributed by atoms with Crippen molar-refractivity contribution >= 4 is 0 Å². The third-order valence-corrected chi connectivity index (χ3v) is 4.85. The second-order valence-electron chi connectivity index (χ2n) is 6.90. The molecule has 0 aliphatic carbocycles. The van der Waals surface area contributed by atoms with Gasteiger partial charge in [0.15, 0.2) is 0 Å². The number of hydrogen-bond acceptors (Lipinski definition) is 2. The van der Waals surface area contributed by atoms with E-state index < -0.39 is 0 Å². The molecule has 0 amide bonds. The lowest BCUT2D eigenvalue weighted by atomic mass is 9.87.